The third-order valence-corrected chi connectivity index (χ3v) is 3.96. The number of amides is 1. The van der Waals surface area contributed by atoms with E-state index < -0.39 is 0 Å². The first-order valence-corrected chi connectivity index (χ1v) is 6.79. The molecule has 4 heteroatoms. The second kappa shape index (κ2) is 5.72. The van der Waals surface area contributed by atoms with E-state index >= 15 is 0 Å². The van der Waals surface area contributed by atoms with Crippen molar-refractivity contribution in [3.63, 3.8) is 0 Å². The van der Waals surface area contributed by atoms with Crippen LogP contribution in [0.4, 0.5) is 0 Å². The van der Waals surface area contributed by atoms with Crippen LogP contribution in [0.5, 0.6) is 0 Å². The van der Waals surface area contributed by atoms with E-state index in [1.165, 1.54) is 0 Å². The van der Waals surface area contributed by atoms with E-state index in [-0.39, 0.29) is 17.6 Å². The maximum atomic E-state index is 12.4. The molecule has 2 unspecified atom stereocenters. The number of hydrogen-bond acceptors (Lipinski definition) is 3. The largest absolute Gasteiger partial charge is 0.376 e. The van der Waals surface area contributed by atoms with Gasteiger partial charge in [0.1, 0.15) is 0 Å². The summed E-state index contributed by atoms with van der Waals surface area (Å²) in [5.74, 6) is -0.0381. The summed E-state index contributed by atoms with van der Waals surface area (Å²) in [5, 5.41) is 3.12. The zero-order valence-electron chi connectivity index (χ0n) is 11.6. The minimum absolute atomic E-state index is 0.0381. The van der Waals surface area contributed by atoms with E-state index in [1.807, 2.05) is 38.1 Å². The summed E-state index contributed by atoms with van der Waals surface area (Å²) in [6.45, 7) is 5.27. The highest BCUT2D eigenvalue weighted by Crippen LogP contribution is 2.25. The second-order valence-corrected chi connectivity index (χ2v) is 5.33. The molecular weight excluding hydrogens is 240 g/mol. The van der Waals surface area contributed by atoms with Crippen molar-refractivity contribution in [2.45, 2.75) is 38.3 Å². The molecule has 0 aromatic heterocycles. The first-order valence-electron chi connectivity index (χ1n) is 6.79. The molecule has 0 saturated carbocycles. The average molecular weight is 262 g/mol. The van der Waals surface area contributed by atoms with Crippen LogP contribution in [0.15, 0.2) is 24.3 Å². The van der Waals surface area contributed by atoms with Gasteiger partial charge < -0.3 is 15.8 Å². The molecule has 0 bridgehead atoms. The van der Waals surface area contributed by atoms with Gasteiger partial charge in [0.25, 0.3) is 5.91 Å². The molecule has 1 heterocycles. The summed E-state index contributed by atoms with van der Waals surface area (Å²) in [7, 11) is 0. The van der Waals surface area contributed by atoms with Crippen LogP contribution in [-0.4, -0.2) is 30.7 Å². The molecule has 3 N–H and O–H groups in total. The zero-order valence-corrected chi connectivity index (χ0v) is 11.6. The Hall–Kier alpha value is -1.39. The van der Waals surface area contributed by atoms with E-state index in [0.29, 0.717) is 25.1 Å². The minimum Gasteiger partial charge on any atom is -0.376 e. The Balaban J connectivity index is 2.16. The highest BCUT2D eigenvalue weighted by molar-refractivity contribution is 5.96. The number of rotatable bonds is 4. The molecule has 1 amide bonds. The molecule has 4 nitrogen and oxygen atoms in total. The van der Waals surface area contributed by atoms with E-state index in [1.54, 1.807) is 0 Å². The van der Waals surface area contributed by atoms with Crippen LogP contribution < -0.4 is 11.1 Å². The molecule has 1 fully saturated rings. The molecule has 0 radical (unpaired) electrons. The van der Waals surface area contributed by atoms with Gasteiger partial charge in [-0.1, -0.05) is 18.2 Å². The van der Waals surface area contributed by atoms with Crippen LogP contribution in [0, 0.1) is 0 Å². The fraction of sp³-hybridized carbons (Fsp3) is 0.533. The SMILES string of the molecule is CC1OCCC1(C)NC(=O)c1ccccc1CCN. The fourth-order valence-corrected chi connectivity index (χ4v) is 2.44. The highest BCUT2D eigenvalue weighted by atomic mass is 16.5. The highest BCUT2D eigenvalue weighted by Gasteiger charge is 2.38. The molecule has 1 aromatic carbocycles. The number of carbonyl (C=O) groups is 1. The third-order valence-electron chi connectivity index (χ3n) is 3.96. The quantitative estimate of drug-likeness (QED) is 0.864. The molecule has 1 aliphatic rings. The van der Waals surface area contributed by atoms with Gasteiger partial charge >= 0.3 is 0 Å². The Morgan fingerprint density at radius 2 is 2.26 bits per heavy atom. The Morgan fingerprint density at radius 3 is 2.89 bits per heavy atom. The normalized spacial score (nSPS) is 26.4. The van der Waals surface area contributed by atoms with E-state index in [4.69, 9.17) is 10.5 Å². The molecule has 104 valence electrons. The predicted octanol–water partition coefficient (Wildman–Crippen LogP) is 1.49. The van der Waals surface area contributed by atoms with Gasteiger partial charge in [0.15, 0.2) is 0 Å². The van der Waals surface area contributed by atoms with Gasteiger partial charge in [-0.05, 0) is 44.9 Å². The van der Waals surface area contributed by atoms with Gasteiger partial charge in [0.2, 0.25) is 0 Å². The number of carbonyl (C=O) groups excluding carboxylic acids is 1. The average Bonchev–Trinajstić information content (AvgIpc) is 2.70. The Labute approximate surface area is 114 Å². The lowest BCUT2D eigenvalue weighted by Gasteiger charge is -2.29. The summed E-state index contributed by atoms with van der Waals surface area (Å²) in [4.78, 5) is 12.4. The van der Waals surface area contributed by atoms with Crippen molar-refractivity contribution in [2.75, 3.05) is 13.2 Å². The van der Waals surface area contributed by atoms with Gasteiger partial charge in [-0.15, -0.1) is 0 Å². The maximum absolute atomic E-state index is 12.4. The Kier molecular flexibility index (Phi) is 4.22. The first-order chi connectivity index (χ1) is 9.07. The lowest BCUT2D eigenvalue weighted by Crippen LogP contribution is -2.50. The van der Waals surface area contributed by atoms with Crippen molar-refractivity contribution < 1.29 is 9.53 Å². The van der Waals surface area contributed by atoms with Crippen LogP contribution >= 0.6 is 0 Å². The number of nitrogens with two attached hydrogens (primary N) is 1. The standard InChI is InChI=1S/C15H22N2O2/c1-11-15(2,8-10-19-11)17-14(18)13-6-4-3-5-12(13)7-9-16/h3-6,11H,7-10,16H2,1-2H3,(H,17,18). The van der Waals surface area contributed by atoms with Crippen molar-refractivity contribution in [1.82, 2.24) is 5.32 Å². The van der Waals surface area contributed by atoms with Gasteiger partial charge in [-0.3, -0.25) is 4.79 Å². The van der Waals surface area contributed by atoms with E-state index in [2.05, 4.69) is 5.32 Å². The molecule has 0 aliphatic carbocycles. The summed E-state index contributed by atoms with van der Waals surface area (Å²) in [6.07, 6.45) is 1.60. The summed E-state index contributed by atoms with van der Waals surface area (Å²) in [5.41, 5.74) is 7.02. The molecule has 2 atom stereocenters. The predicted molar refractivity (Wildman–Crippen MR) is 75.1 cm³/mol. The Bertz CT molecular complexity index is 461. The Morgan fingerprint density at radius 1 is 1.53 bits per heavy atom. The topological polar surface area (TPSA) is 64.3 Å². The molecule has 1 aliphatic heterocycles. The number of benzene rings is 1. The smallest absolute Gasteiger partial charge is 0.252 e. The van der Waals surface area contributed by atoms with Crippen LogP contribution in [0.2, 0.25) is 0 Å². The molecule has 1 aromatic rings. The molecular formula is C15H22N2O2. The second-order valence-electron chi connectivity index (χ2n) is 5.33. The van der Waals surface area contributed by atoms with Crippen molar-refractivity contribution >= 4 is 5.91 Å². The monoisotopic (exact) mass is 262 g/mol. The van der Waals surface area contributed by atoms with Crippen molar-refractivity contribution in [3.8, 4) is 0 Å². The fourth-order valence-electron chi connectivity index (χ4n) is 2.44. The van der Waals surface area contributed by atoms with Crippen molar-refractivity contribution in [2.24, 2.45) is 5.73 Å². The first kappa shape index (κ1) is 14.0. The third kappa shape index (κ3) is 2.96. The summed E-state index contributed by atoms with van der Waals surface area (Å²) >= 11 is 0. The van der Waals surface area contributed by atoms with E-state index in [9.17, 15) is 4.79 Å². The van der Waals surface area contributed by atoms with Crippen LogP contribution in [0.25, 0.3) is 0 Å². The lowest BCUT2D eigenvalue weighted by atomic mass is 9.93. The van der Waals surface area contributed by atoms with Crippen LogP contribution in [-0.2, 0) is 11.2 Å². The molecule has 1 saturated heterocycles. The minimum atomic E-state index is -0.285. The summed E-state index contributed by atoms with van der Waals surface area (Å²) in [6, 6.07) is 7.62. The number of hydrogen-bond donors (Lipinski definition) is 2. The lowest BCUT2D eigenvalue weighted by molar-refractivity contribution is 0.0727. The van der Waals surface area contributed by atoms with Crippen molar-refractivity contribution in [1.29, 1.82) is 0 Å². The molecule has 2 rings (SSSR count). The van der Waals surface area contributed by atoms with Gasteiger partial charge in [0.05, 0.1) is 11.6 Å². The molecule has 0 spiro atoms. The number of ether oxygens (including phenoxy) is 1. The van der Waals surface area contributed by atoms with Gasteiger partial charge in [-0.2, -0.15) is 0 Å². The van der Waals surface area contributed by atoms with E-state index in [0.717, 1.165) is 12.0 Å². The number of nitrogens with one attached hydrogen (secondary N) is 1. The maximum Gasteiger partial charge on any atom is 0.252 e. The van der Waals surface area contributed by atoms with Crippen LogP contribution in [0.1, 0.15) is 36.2 Å². The molecule has 19 heavy (non-hydrogen) atoms. The van der Waals surface area contributed by atoms with Gasteiger partial charge in [0, 0.05) is 12.2 Å². The van der Waals surface area contributed by atoms with Crippen molar-refractivity contribution in [3.05, 3.63) is 35.4 Å². The zero-order chi connectivity index (χ0) is 13.9. The summed E-state index contributed by atoms with van der Waals surface area (Å²) < 4.78 is 5.55. The van der Waals surface area contributed by atoms with Crippen LogP contribution in [0.3, 0.4) is 0 Å². The van der Waals surface area contributed by atoms with Gasteiger partial charge in [-0.25, -0.2) is 0 Å².